The molecule has 1 amide bonds. The number of nitrogens with zero attached hydrogens (tertiary/aromatic N) is 1. The minimum Gasteiger partial charge on any atom is -0.320 e. The molecule has 1 aliphatic heterocycles. The number of benzene rings is 3. The fourth-order valence-corrected chi connectivity index (χ4v) is 4.66. The molecular formula is C23H22N2O3S. The van der Waals surface area contributed by atoms with E-state index >= 15 is 0 Å². The van der Waals surface area contributed by atoms with Gasteiger partial charge in [-0.3, -0.25) is 9.69 Å². The molecule has 1 unspecified atom stereocenters. The Morgan fingerprint density at radius 1 is 0.931 bits per heavy atom. The third kappa shape index (κ3) is 3.69. The highest BCUT2D eigenvalue weighted by atomic mass is 32.2. The Bertz CT molecular complexity index is 1170. The summed E-state index contributed by atoms with van der Waals surface area (Å²) >= 11 is 0. The minimum absolute atomic E-state index is 0.140. The number of rotatable bonds is 3. The van der Waals surface area contributed by atoms with Crippen LogP contribution in [0.2, 0.25) is 0 Å². The van der Waals surface area contributed by atoms with E-state index in [1.54, 1.807) is 23.1 Å². The summed E-state index contributed by atoms with van der Waals surface area (Å²) in [6.07, 6.45) is 2.56. The molecule has 0 saturated heterocycles. The lowest BCUT2D eigenvalue weighted by Gasteiger charge is -2.25. The third-order valence-electron chi connectivity index (χ3n) is 5.22. The molecule has 0 aromatic heterocycles. The zero-order valence-corrected chi connectivity index (χ0v) is 16.9. The van der Waals surface area contributed by atoms with Crippen molar-refractivity contribution in [3.05, 3.63) is 78.4 Å². The molecule has 0 aliphatic carbocycles. The van der Waals surface area contributed by atoms with Crippen molar-refractivity contribution in [1.82, 2.24) is 0 Å². The van der Waals surface area contributed by atoms with Gasteiger partial charge < -0.3 is 5.73 Å². The maximum Gasteiger partial charge on any atom is 0.248 e. The molecule has 5 nitrogen and oxygen atoms in total. The summed E-state index contributed by atoms with van der Waals surface area (Å²) < 4.78 is 24.3. The molecule has 4 rings (SSSR count). The molecule has 2 N–H and O–H groups in total. The Morgan fingerprint density at radius 2 is 1.59 bits per heavy atom. The van der Waals surface area contributed by atoms with Crippen molar-refractivity contribution in [1.29, 1.82) is 0 Å². The van der Waals surface area contributed by atoms with Gasteiger partial charge in [0.1, 0.15) is 0 Å². The Morgan fingerprint density at radius 3 is 2.31 bits per heavy atom. The molecule has 1 atom stereocenters. The van der Waals surface area contributed by atoms with Crippen LogP contribution in [0, 0.1) is 0 Å². The van der Waals surface area contributed by atoms with Crippen LogP contribution >= 0.6 is 0 Å². The molecule has 0 bridgehead atoms. The van der Waals surface area contributed by atoms with Crippen LogP contribution in [0.3, 0.4) is 0 Å². The van der Waals surface area contributed by atoms with Crippen molar-refractivity contribution in [2.75, 3.05) is 11.2 Å². The van der Waals surface area contributed by atoms with Gasteiger partial charge in [0, 0.05) is 17.5 Å². The normalized spacial score (nSPS) is 17.0. The SMILES string of the molecule is CS(=O)(=O)c1ccccc1-c1ccc(N2C(=O)C(N)CCc3ccccc32)cc1. The van der Waals surface area contributed by atoms with E-state index in [-0.39, 0.29) is 10.8 Å². The summed E-state index contributed by atoms with van der Waals surface area (Å²) in [4.78, 5) is 14.9. The highest BCUT2D eigenvalue weighted by molar-refractivity contribution is 7.90. The lowest BCUT2D eigenvalue weighted by Crippen LogP contribution is -2.40. The minimum atomic E-state index is -3.35. The highest BCUT2D eigenvalue weighted by Gasteiger charge is 2.29. The number of amides is 1. The number of anilines is 2. The van der Waals surface area contributed by atoms with Crippen molar-refractivity contribution in [3.8, 4) is 11.1 Å². The van der Waals surface area contributed by atoms with Gasteiger partial charge in [-0.15, -0.1) is 0 Å². The second-order valence-electron chi connectivity index (χ2n) is 7.26. The summed E-state index contributed by atoms with van der Waals surface area (Å²) in [7, 11) is -3.35. The van der Waals surface area contributed by atoms with Gasteiger partial charge in [-0.05, 0) is 48.2 Å². The van der Waals surface area contributed by atoms with Crippen LogP contribution in [0.1, 0.15) is 12.0 Å². The van der Waals surface area contributed by atoms with Crippen molar-refractivity contribution >= 4 is 27.1 Å². The van der Waals surface area contributed by atoms with Crippen LogP contribution in [0.5, 0.6) is 0 Å². The number of hydrogen-bond donors (Lipinski definition) is 1. The first-order valence-electron chi connectivity index (χ1n) is 9.43. The van der Waals surface area contributed by atoms with Crippen LogP contribution in [-0.2, 0) is 21.1 Å². The number of hydrogen-bond acceptors (Lipinski definition) is 4. The maximum atomic E-state index is 13.0. The second-order valence-corrected chi connectivity index (χ2v) is 9.25. The van der Waals surface area contributed by atoms with E-state index < -0.39 is 15.9 Å². The largest absolute Gasteiger partial charge is 0.320 e. The topological polar surface area (TPSA) is 80.5 Å². The van der Waals surface area contributed by atoms with Gasteiger partial charge in [-0.25, -0.2) is 8.42 Å². The highest BCUT2D eigenvalue weighted by Crippen LogP contribution is 2.35. The summed E-state index contributed by atoms with van der Waals surface area (Å²) in [6.45, 7) is 0. The smallest absolute Gasteiger partial charge is 0.248 e. The molecule has 29 heavy (non-hydrogen) atoms. The monoisotopic (exact) mass is 406 g/mol. The summed E-state index contributed by atoms with van der Waals surface area (Å²) in [5.41, 5.74) is 10.2. The van der Waals surface area contributed by atoms with E-state index in [0.717, 1.165) is 23.2 Å². The standard InChI is InChI=1S/C23H22N2O3S/c1-29(27,28)22-9-5-3-7-19(22)16-10-13-18(14-11-16)25-21-8-4-2-6-17(21)12-15-20(24)23(25)26/h2-11,13-14,20H,12,15,24H2,1H3. The number of sulfone groups is 1. The Labute approximate surface area is 170 Å². The Balaban J connectivity index is 1.78. The second kappa shape index (κ2) is 7.46. The van der Waals surface area contributed by atoms with Gasteiger partial charge >= 0.3 is 0 Å². The van der Waals surface area contributed by atoms with Crippen molar-refractivity contribution in [2.45, 2.75) is 23.8 Å². The van der Waals surface area contributed by atoms with Gasteiger partial charge in [-0.1, -0.05) is 48.5 Å². The van der Waals surface area contributed by atoms with Crippen molar-refractivity contribution in [2.24, 2.45) is 5.73 Å². The van der Waals surface area contributed by atoms with Gasteiger partial charge in [0.25, 0.3) is 0 Å². The molecule has 1 heterocycles. The van der Waals surface area contributed by atoms with Crippen LogP contribution in [-0.4, -0.2) is 26.6 Å². The number of nitrogens with two attached hydrogens (primary N) is 1. The molecule has 6 heteroatoms. The van der Waals surface area contributed by atoms with Crippen molar-refractivity contribution in [3.63, 3.8) is 0 Å². The molecule has 0 radical (unpaired) electrons. The average molecular weight is 407 g/mol. The van der Waals surface area contributed by atoms with E-state index in [2.05, 4.69) is 0 Å². The molecule has 148 valence electrons. The van der Waals surface area contributed by atoms with Gasteiger partial charge in [0.15, 0.2) is 9.84 Å². The van der Waals surface area contributed by atoms with Gasteiger partial charge in [0.05, 0.1) is 16.6 Å². The average Bonchev–Trinajstić information content (AvgIpc) is 2.84. The van der Waals surface area contributed by atoms with Crippen LogP contribution in [0.15, 0.2) is 77.7 Å². The van der Waals surface area contributed by atoms with Crippen LogP contribution in [0.4, 0.5) is 11.4 Å². The number of fused-ring (bicyclic) bond motifs is 1. The van der Waals surface area contributed by atoms with Crippen LogP contribution in [0.25, 0.3) is 11.1 Å². The van der Waals surface area contributed by atoms with Gasteiger partial charge in [0.2, 0.25) is 5.91 Å². The fourth-order valence-electron chi connectivity index (χ4n) is 3.74. The summed E-state index contributed by atoms with van der Waals surface area (Å²) in [5.74, 6) is -0.140. The molecule has 0 fully saturated rings. The molecule has 0 saturated carbocycles. The molecular weight excluding hydrogens is 384 g/mol. The number of aryl methyl sites for hydroxylation is 1. The van der Waals surface area contributed by atoms with E-state index in [1.165, 1.54) is 6.26 Å². The Hall–Kier alpha value is -2.96. The van der Waals surface area contributed by atoms with E-state index in [4.69, 9.17) is 5.73 Å². The molecule has 0 spiro atoms. The van der Waals surface area contributed by atoms with E-state index in [9.17, 15) is 13.2 Å². The lowest BCUT2D eigenvalue weighted by atomic mass is 10.0. The molecule has 3 aromatic carbocycles. The van der Waals surface area contributed by atoms with Crippen LogP contribution < -0.4 is 10.6 Å². The Kier molecular flexibility index (Phi) is 4.98. The zero-order valence-electron chi connectivity index (χ0n) is 16.1. The number of carbonyl (C=O) groups excluding carboxylic acids is 1. The predicted octanol–water partition coefficient (Wildman–Crippen LogP) is 3.70. The first kappa shape index (κ1) is 19.4. The summed E-state index contributed by atoms with van der Waals surface area (Å²) in [5, 5.41) is 0. The summed E-state index contributed by atoms with van der Waals surface area (Å²) in [6, 6.07) is 21.5. The quantitative estimate of drug-likeness (QED) is 0.719. The maximum absolute atomic E-state index is 13.0. The lowest BCUT2D eigenvalue weighted by molar-refractivity contribution is -0.119. The fraction of sp³-hybridized carbons (Fsp3) is 0.174. The zero-order chi connectivity index (χ0) is 20.6. The first-order chi connectivity index (χ1) is 13.9. The molecule has 3 aromatic rings. The predicted molar refractivity (Wildman–Crippen MR) is 115 cm³/mol. The van der Waals surface area contributed by atoms with E-state index in [0.29, 0.717) is 17.7 Å². The van der Waals surface area contributed by atoms with E-state index in [1.807, 2.05) is 54.6 Å². The first-order valence-corrected chi connectivity index (χ1v) is 11.3. The number of para-hydroxylation sites is 1. The third-order valence-corrected chi connectivity index (χ3v) is 6.37. The number of carbonyl (C=O) groups is 1. The molecule has 1 aliphatic rings. The van der Waals surface area contributed by atoms with Crippen molar-refractivity contribution < 1.29 is 13.2 Å². The van der Waals surface area contributed by atoms with Gasteiger partial charge in [-0.2, -0.15) is 0 Å².